The minimum Gasteiger partial charge on any atom is -0.375 e. The third-order valence-electron chi connectivity index (χ3n) is 2.98. The minimum absolute atomic E-state index is 0. The summed E-state index contributed by atoms with van der Waals surface area (Å²) in [6.45, 7) is 3.89. The summed E-state index contributed by atoms with van der Waals surface area (Å²) < 4.78 is 6.24. The van der Waals surface area contributed by atoms with Gasteiger partial charge in [0.1, 0.15) is 6.04 Å². The monoisotopic (exact) mass is 324 g/mol. The molecular weight excluding hydrogens is 307 g/mol. The SMILES string of the molecule is C[C@H]1OCCN[C@@H]1C(=O)N(C)Cc1ccc(Cl)s1.Cl. The first kappa shape index (κ1) is 16.7. The Balaban J connectivity index is 0.00000180. The van der Waals surface area contributed by atoms with Crippen LogP contribution in [0.1, 0.15) is 11.8 Å². The summed E-state index contributed by atoms with van der Waals surface area (Å²) in [6.07, 6.45) is -0.0828. The molecule has 1 saturated heterocycles. The van der Waals surface area contributed by atoms with Crippen LogP contribution in [0.5, 0.6) is 0 Å². The van der Waals surface area contributed by atoms with Gasteiger partial charge in [-0.15, -0.1) is 23.7 Å². The Morgan fingerprint density at radius 2 is 2.37 bits per heavy atom. The van der Waals surface area contributed by atoms with Crippen molar-refractivity contribution in [2.45, 2.75) is 25.6 Å². The zero-order chi connectivity index (χ0) is 13.1. The fraction of sp³-hybridized carbons (Fsp3) is 0.583. The van der Waals surface area contributed by atoms with E-state index in [1.807, 2.05) is 19.1 Å². The van der Waals surface area contributed by atoms with E-state index in [9.17, 15) is 4.79 Å². The summed E-state index contributed by atoms with van der Waals surface area (Å²) >= 11 is 7.38. The van der Waals surface area contributed by atoms with Crippen molar-refractivity contribution in [3.05, 3.63) is 21.3 Å². The van der Waals surface area contributed by atoms with Gasteiger partial charge in [0.25, 0.3) is 0 Å². The number of morpholine rings is 1. The summed E-state index contributed by atoms with van der Waals surface area (Å²) in [5, 5.41) is 3.20. The highest BCUT2D eigenvalue weighted by Gasteiger charge is 2.30. The Hall–Kier alpha value is -0.330. The number of ether oxygens (including phenoxy) is 1. The Labute approximate surface area is 128 Å². The van der Waals surface area contributed by atoms with Crippen LogP contribution in [0.4, 0.5) is 0 Å². The van der Waals surface area contributed by atoms with Gasteiger partial charge in [0.05, 0.1) is 23.6 Å². The molecule has 0 unspecified atom stereocenters. The number of amides is 1. The van der Waals surface area contributed by atoms with Crippen LogP contribution in [0.25, 0.3) is 0 Å². The van der Waals surface area contributed by atoms with Gasteiger partial charge in [-0.2, -0.15) is 0 Å². The largest absolute Gasteiger partial charge is 0.375 e. The van der Waals surface area contributed by atoms with Gasteiger partial charge in [0.15, 0.2) is 0 Å². The van der Waals surface area contributed by atoms with Gasteiger partial charge in [0.2, 0.25) is 5.91 Å². The number of nitrogens with zero attached hydrogens (tertiary/aromatic N) is 1. The van der Waals surface area contributed by atoms with Crippen molar-refractivity contribution in [2.24, 2.45) is 0 Å². The van der Waals surface area contributed by atoms with Gasteiger partial charge in [-0.1, -0.05) is 11.6 Å². The van der Waals surface area contributed by atoms with E-state index in [0.717, 1.165) is 15.8 Å². The predicted octanol–water partition coefficient (Wildman–Crippen LogP) is 2.16. The third kappa shape index (κ3) is 4.33. The van der Waals surface area contributed by atoms with Crippen LogP contribution in [0.3, 0.4) is 0 Å². The van der Waals surface area contributed by atoms with E-state index in [2.05, 4.69) is 5.32 Å². The Morgan fingerprint density at radius 3 is 2.95 bits per heavy atom. The summed E-state index contributed by atoms with van der Waals surface area (Å²) in [4.78, 5) is 15.1. The van der Waals surface area contributed by atoms with Crippen molar-refractivity contribution < 1.29 is 9.53 Å². The minimum atomic E-state index is -0.251. The quantitative estimate of drug-likeness (QED) is 0.926. The van der Waals surface area contributed by atoms with Crippen LogP contribution in [0.2, 0.25) is 4.34 Å². The number of nitrogens with one attached hydrogen (secondary N) is 1. The van der Waals surface area contributed by atoms with Gasteiger partial charge in [-0.3, -0.25) is 4.79 Å². The van der Waals surface area contributed by atoms with Crippen LogP contribution in [0.15, 0.2) is 12.1 Å². The lowest BCUT2D eigenvalue weighted by Gasteiger charge is -2.32. The second-order valence-electron chi connectivity index (χ2n) is 4.41. The zero-order valence-electron chi connectivity index (χ0n) is 10.9. The van der Waals surface area contributed by atoms with Gasteiger partial charge < -0.3 is 15.0 Å². The summed E-state index contributed by atoms with van der Waals surface area (Å²) in [5.41, 5.74) is 0. The molecule has 2 heterocycles. The molecule has 0 bridgehead atoms. The molecule has 1 aromatic rings. The van der Waals surface area contributed by atoms with E-state index in [0.29, 0.717) is 13.2 Å². The summed E-state index contributed by atoms with van der Waals surface area (Å²) in [5.74, 6) is 0.0618. The van der Waals surface area contributed by atoms with Gasteiger partial charge in [-0.25, -0.2) is 0 Å². The maximum Gasteiger partial charge on any atom is 0.242 e. The van der Waals surface area contributed by atoms with Crippen LogP contribution in [-0.2, 0) is 16.1 Å². The van der Waals surface area contributed by atoms with Crippen molar-refractivity contribution in [2.75, 3.05) is 20.2 Å². The first-order valence-corrected chi connectivity index (χ1v) is 7.11. The highest BCUT2D eigenvalue weighted by Crippen LogP contribution is 2.22. The molecule has 0 spiro atoms. The average molecular weight is 325 g/mol. The van der Waals surface area contributed by atoms with E-state index in [4.69, 9.17) is 16.3 Å². The van der Waals surface area contributed by atoms with Gasteiger partial charge >= 0.3 is 0 Å². The van der Waals surface area contributed by atoms with Crippen LogP contribution >= 0.6 is 35.3 Å². The Kier molecular flexibility index (Phi) is 6.56. The normalized spacial score (nSPS) is 22.7. The molecule has 1 N–H and O–H groups in total. The molecular formula is C12H18Cl2N2O2S. The summed E-state index contributed by atoms with van der Waals surface area (Å²) in [6, 6.07) is 3.55. The average Bonchev–Trinajstić information content (AvgIpc) is 2.74. The number of halogens is 2. The third-order valence-corrected chi connectivity index (χ3v) is 4.20. The maximum absolute atomic E-state index is 12.3. The van der Waals surface area contributed by atoms with Crippen molar-refractivity contribution in [1.29, 1.82) is 0 Å². The zero-order valence-corrected chi connectivity index (χ0v) is 13.3. The van der Waals surface area contributed by atoms with Crippen molar-refractivity contribution in [3.8, 4) is 0 Å². The van der Waals surface area contributed by atoms with Crippen LogP contribution in [-0.4, -0.2) is 43.2 Å². The lowest BCUT2D eigenvalue weighted by atomic mass is 10.1. The first-order chi connectivity index (χ1) is 8.58. The first-order valence-electron chi connectivity index (χ1n) is 5.92. The molecule has 0 aromatic carbocycles. The number of rotatable bonds is 3. The fourth-order valence-electron chi connectivity index (χ4n) is 2.00. The molecule has 1 aliphatic heterocycles. The lowest BCUT2D eigenvalue weighted by molar-refractivity contribution is -0.138. The Morgan fingerprint density at radius 1 is 1.63 bits per heavy atom. The van der Waals surface area contributed by atoms with E-state index >= 15 is 0 Å². The summed E-state index contributed by atoms with van der Waals surface area (Å²) in [7, 11) is 1.80. The van der Waals surface area contributed by atoms with E-state index in [-0.39, 0.29) is 30.5 Å². The van der Waals surface area contributed by atoms with Gasteiger partial charge in [0, 0.05) is 18.5 Å². The molecule has 4 nitrogen and oxygen atoms in total. The molecule has 1 amide bonds. The van der Waals surface area contributed by atoms with Crippen molar-refractivity contribution >= 4 is 41.3 Å². The van der Waals surface area contributed by atoms with Crippen LogP contribution < -0.4 is 5.32 Å². The molecule has 1 aliphatic rings. The molecule has 0 aliphatic carbocycles. The Bertz CT molecular complexity index is 428. The van der Waals surface area contributed by atoms with E-state index < -0.39 is 0 Å². The second-order valence-corrected chi connectivity index (χ2v) is 6.21. The highest BCUT2D eigenvalue weighted by molar-refractivity contribution is 7.16. The topological polar surface area (TPSA) is 41.6 Å². The molecule has 108 valence electrons. The fourth-order valence-corrected chi connectivity index (χ4v) is 3.14. The molecule has 0 radical (unpaired) electrons. The van der Waals surface area contributed by atoms with Gasteiger partial charge in [-0.05, 0) is 19.1 Å². The van der Waals surface area contributed by atoms with E-state index in [1.165, 1.54) is 11.3 Å². The number of likely N-dealkylation sites (N-methyl/N-ethyl adjacent to an activating group) is 1. The molecule has 7 heteroatoms. The van der Waals surface area contributed by atoms with Crippen molar-refractivity contribution in [1.82, 2.24) is 10.2 Å². The number of thiophene rings is 1. The standard InChI is InChI=1S/C12H17ClN2O2S.ClH/c1-8-11(14-5-6-17-8)12(16)15(2)7-9-3-4-10(13)18-9;/h3-4,8,11,14H,5-7H2,1-2H3;1H/t8-,11+;/m1./s1. The number of hydrogen-bond acceptors (Lipinski definition) is 4. The molecule has 1 aromatic heterocycles. The number of carbonyl (C=O) groups is 1. The number of hydrogen-bond donors (Lipinski definition) is 1. The second kappa shape index (κ2) is 7.45. The lowest BCUT2D eigenvalue weighted by Crippen LogP contribution is -2.55. The number of carbonyl (C=O) groups excluding carboxylic acids is 1. The molecule has 2 atom stereocenters. The highest BCUT2D eigenvalue weighted by atomic mass is 35.5. The smallest absolute Gasteiger partial charge is 0.242 e. The van der Waals surface area contributed by atoms with E-state index in [1.54, 1.807) is 11.9 Å². The van der Waals surface area contributed by atoms with Crippen LogP contribution in [0, 0.1) is 0 Å². The predicted molar refractivity (Wildman–Crippen MR) is 80.3 cm³/mol. The molecule has 1 fully saturated rings. The molecule has 2 rings (SSSR count). The molecule has 19 heavy (non-hydrogen) atoms. The molecule has 0 saturated carbocycles. The maximum atomic E-state index is 12.3. The van der Waals surface area contributed by atoms with Crippen molar-refractivity contribution in [3.63, 3.8) is 0 Å².